The van der Waals surface area contributed by atoms with Crippen molar-refractivity contribution in [1.29, 1.82) is 0 Å². The van der Waals surface area contributed by atoms with E-state index in [0.717, 1.165) is 37.9 Å². The third-order valence-corrected chi connectivity index (χ3v) is 2.71. The van der Waals surface area contributed by atoms with E-state index in [9.17, 15) is 4.79 Å². The fourth-order valence-electron chi connectivity index (χ4n) is 1.13. The molecule has 0 aromatic rings. The van der Waals surface area contributed by atoms with Gasteiger partial charge in [0.05, 0.1) is 0 Å². The molecule has 0 amide bonds. The Labute approximate surface area is 90.9 Å². The van der Waals surface area contributed by atoms with E-state index in [4.69, 9.17) is 5.11 Å². The van der Waals surface area contributed by atoms with Crippen molar-refractivity contribution in [2.75, 3.05) is 5.75 Å². The molecule has 1 atom stereocenters. The van der Waals surface area contributed by atoms with Crippen LogP contribution in [0, 0.1) is 0 Å². The Morgan fingerprint density at radius 2 is 1.85 bits per heavy atom. The first-order valence-corrected chi connectivity index (χ1v) is 5.82. The summed E-state index contributed by atoms with van der Waals surface area (Å²) < 4.78 is 0. The number of carboxylic acids is 1. The van der Waals surface area contributed by atoms with Gasteiger partial charge < -0.3 is 5.11 Å². The van der Waals surface area contributed by atoms with Crippen LogP contribution in [0.3, 0.4) is 0 Å². The van der Waals surface area contributed by atoms with Crippen LogP contribution in [0.5, 0.6) is 0 Å². The fraction of sp³-hybridized carbons (Fsp3) is 0.889. The standard InChI is InChI=1S/C9H18O2S2/c10-9(11)6-3-5-8(13)4-1-2-7-12/h8,12-13H,1-7H2,(H,10,11). The van der Waals surface area contributed by atoms with Gasteiger partial charge in [0.15, 0.2) is 0 Å². The van der Waals surface area contributed by atoms with E-state index in [1.165, 1.54) is 0 Å². The van der Waals surface area contributed by atoms with Gasteiger partial charge in [0.25, 0.3) is 0 Å². The third kappa shape index (κ3) is 10.1. The Balaban J connectivity index is 3.19. The highest BCUT2D eigenvalue weighted by atomic mass is 32.1. The number of thiol groups is 2. The maximum atomic E-state index is 10.2. The first-order chi connectivity index (χ1) is 6.16. The second kappa shape index (κ2) is 8.75. The summed E-state index contributed by atoms with van der Waals surface area (Å²) in [5.41, 5.74) is 0. The summed E-state index contributed by atoms with van der Waals surface area (Å²) in [5.74, 6) is 0.214. The molecule has 0 aliphatic rings. The Bertz CT molecular complexity index is 140. The van der Waals surface area contributed by atoms with Crippen LogP contribution in [0.1, 0.15) is 38.5 Å². The van der Waals surface area contributed by atoms with Gasteiger partial charge in [0, 0.05) is 11.7 Å². The zero-order valence-corrected chi connectivity index (χ0v) is 9.57. The molecule has 0 bridgehead atoms. The molecule has 78 valence electrons. The largest absolute Gasteiger partial charge is 0.481 e. The van der Waals surface area contributed by atoms with Gasteiger partial charge in [-0.05, 0) is 31.4 Å². The molecule has 1 unspecified atom stereocenters. The van der Waals surface area contributed by atoms with Crippen molar-refractivity contribution in [3.8, 4) is 0 Å². The Morgan fingerprint density at radius 1 is 1.23 bits per heavy atom. The molecule has 0 saturated carbocycles. The zero-order valence-electron chi connectivity index (χ0n) is 7.78. The number of hydrogen-bond acceptors (Lipinski definition) is 3. The van der Waals surface area contributed by atoms with Gasteiger partial charge in [-0.15, -0.1) is 0 Å². The fourth-order valence-corrected chi connectivity index (χ4v) is 1.71. The van der Waals surface area contributed by atoms with Crippen LogP contribution in [0.25, 0.3) is 0 Å². The van der Waals surface area contributed by atoms with Crippen molar-refractivity contribution in [2.24, 2.45) is 0 Å². The number of aliphatic carboxylic acids is 1. The predicted molar refractivity (Wildman–Crippen MR) is 62.0 cm³/mol. The van der Waals surface area contributed by atoms with Gasteiger partial charge in [-0.25, -0.2) is 0 Å². The summed E-state index contributed by atoms with van der Waals surface area (Å²) in [5, 5.41) is 8.77. The van der Waals surface area contributed by atoms with Crippen molar-refractivity contribution in [1.82, 2.24) is 0 Å². The summed E-state index contributed by atoms with van der Waals surface area (Å²) in [6.45, 7) is 0. The summed E-state index contributed by atoms with van der Waals surface area (Å²) >= 11 is 8.51. The lowest BCUT2D eigenvalue weighted by Gasteiger charge is -2.08. The quantitative estimate of drug-likeness (QED) is 0.436. The highest BCUT2D eigenvalue weighted by molar-refractivity contribution is 7.81. The molecule has 0 heterocycles. The molecular formula is C9H18O2S2. The second-order valence-electron chi connectivity index (χ2n) is 3.16. The van der Waals surface area contributed by atoms with E-state index < -0.39 is 5.97 Å². The van der Waals surface area contributed by atoms with Crippen LogP contribution in [0.2, 0.25) is 0 Å². The molecule has 4 heteroatoms. The van der Waals surface area contributed by atoms with Crippen LogP contribution in [-0.4, -0.2) is 22.1 Å². The number of carbonyl (C=O) groups is 1. The molecule has 0 saturated heterocycles. The molecule has 0 rings (SSSR count). The Kier molecular flexibility index (Phi) is 8.87. The van der Waals surface area contributed by atoms with E-state index >= 15 is 0 Å². The molecule has 0 aromatic heterocycles. The number of hydrogen-bond donors (Lipinski definition) is 3. The molecular weight excluding hydrogens is 204 g/mol. The van der Waals surface area contributed by atoms with E-state index in [-0.39, 0.29) is 6.42 Å². The van der Waals surface area contributed by atoms with E-state index in [2.05, 4.69) is 25.3 Å². The molecule has 0 aliphatic carbocycles. The summed E-state index contributed by atoms with van der Waals surface area (Å²) in [6, 6.07) is 0. The number of carboxylic acid groups (broad SMARTS) is 1. The lowest BCUT2D eigenvalue weighted by Crippen LogP contribution is -2.01. The van der Waals surface area contributed by atoms with Crippen molar-refractivity contribution in [2.45, 2.75) is 43.8 Å². The monoisotopic (exact) mass is 222 g/mol. The molecule has 13 heavy (non-hydrogen) atoms. The van der Waals surface area contributed by atoms with Crippen molar-refractivity contribution < 1.29 is 9.90 Å². The number of rotatable bonds is 8. The summed E-state index contributed by atoms with van der Waals surface area (Å²) in [6.07, 6.45) is 5.25. The van der Waals surface area contributed by atoms with Crippen molar-refractivity contribution >= 4 is 31.2 Å². The van der Waals surface area contributed by atoms with E-state index in [0.29, 0.717) is 5.25 Å². The summed E-state index contributed by atoms with van der Waals surface area (Å²) in [7, 11) is 0. The maximum absolute atomic E-state index is 10.2. The summed E-state index contributed by atoms with van der Waals surface area (Å²) in [4.78, 5) is 10.2. The highest BCUT2D eigenvalue weighted by Crippen LogP contribution is 2.14. The van der Waals surface area contributed by atoms with Crippen LogP contribution in [0.4, 0.5) is 0 Å². The molecule has 2 nitrogen and oxygen atoms in total. The lowest BCUT2D eigenvalue weighted by atomic mass is 10.1. The van der Waals surface area contributed by atoms with Crippen LogP contribution in [0.15, 0.2) is 0 Å². The average Bonchev–Trinajstić information content (AvgIpc) is 2.04. The van der Waals surface area contributed by atoms with Crippen LogP contribution < -0.4 is 0 Å². The van der Waals surface area contributed by atoms with Crippen LogP contribution >= 0.6 is 25.3 Å². The number of unbranched alkanes of at least 4 members (excludes halogenated alkanes) is 1. The minimum Gasteiger partial charge on any atom is -0.481 e. The smallest absolute Gasteiger partial charge is 0.303 e. The Morgan fingerprint density at radius 3 is 2.38 bits per heavy atom. The van der Waals surface area contributed by atoms with Gasteiger partial charge in [-0.1, -0.05) is 6.42 Å². The van der Waals surface area contributed by atoms with Crippen LogP contribution in [-0.2, 0) is 4.79 Å². The van der Waals surface area contributed by atoms with Crippen molar-refractivity contribution in [3.05, 3.63) is 0 Å². The topological polar surface area (TPSA) is 37.3 Å². The predicted octanol–water partition coefficient (Wildman–Crippen LogP) is 2.64. The van der Waals surface area contributed by atoms with Gasteiger partial charge in [-0.2, -0.15) is 25.3 Å². The van der Waals surface area contributed by atoms with E-state index in [1.807, 2.05) is 0 Å². The maximum Gasteiger partial charge on any atom is 0.303 e. The molecule has 0 radical (unpaired) electrons. The van der Waals surface area contributed by atoms with E-state index in [1.54, 1.807) is 0 Å². The third-order valence-electron chi connectivity index (χ3n) is 1.87. The molecule has 0 fully saturated rings. The molecule has 0 spiro atoms. The second-order valence-corrected chi connectivity index (χ2v) is 4.34. The average molecular weight is 222 g/mol. The molecule has 0 aromatic carbocycles. The van der Waals surface area contributed by atoms with Gasteiger partial charge in [-0.3, -0.25) is 4.79 Å². The normalized spacial score (nSPS) is 12.8. The van der Waals surface area contributed by atoms with Gasteiger partial charge >= 0.3 is 5.97 Å². The van der Waals surface area contributed by atoms with Gasteiger partial charge in [0.2, 0.25) is 0 Å². The first kappa shape index (κ1) is 13.2. The lowest BCUT2D eigenvalue weighted by molar-refractivity contribution is -0.137. The Hall–Kier alpha value is 0.170. The molecule has 0 aliphatic heterocycles. The first-order valence-electron chi connectivity index (χ1n) is 4.67. The zero-order chi connectivity index (χ0) is 10.1. The van der Waals surface area contributed by atoms with Gasteiger partial charge in [0.1, 0.15) is 0 Å². The van der Waals surface area contributed by atoms with Crippen molar-refractivity contribution in [3.63, 3.8) is 0 Å². The highest BCUT2D eigenvalue weighted by Gasteiger charge is 2.04. The minimum atomic E-state index is -0.712. The SMILES string of the molecule is O=C(O)CCCC(S)CCCCS. The minimum absolute atomic E-state index is 0.267. The molecule has 1 N–H and O–H groups in total.